The van der Waals surface area contributed by atoms with E-state index in [0.717, 1.165) is 11.3 Å². The SMILES string of the molecule is COc1cccc(F)c1[C@H](C)NC(=O)c1cc(C(N)=O)cs1. The number of hydrogen-bond donors (Lipinski definition) is 2. The Morgan fingerprint density at radius 2 is 2.14 bits per heavy atom. The number of amides is 2. The van der Waals surface area contributed by atoms with Crippen molar-refractivity contribution in [2.24, 2.45) is 5.73 Å². The summed E-state index contributed by atoms with van der Waals surface area (Å²) in [5.74, 6) is -1.11. The number of carbonyl (C=O) groups is 2. The maximum Gasteiger partial charge on any atom is 0.261 e. The smallest absolute Gasteiger partial charge is 0.261 e. The first kappa shape index (κ1) is 16.0. The van der Waals surface area contributed by atoms with Crippen LogP contribution in [-0.2, 0) is 0 Å². The summed E-state index contributed by atoms with van der Waals surface area (Å²) >= 11 is 1.10. The van der Waals surface area contributed by atoms with Crippen molar-refractivity contribution in [2.45, 2.75) is 13.0 Å². The van der Waals surface area contributed by atoms with Crippen LogP contribution in [0.15, 0.2) is 29.6 Å². The van der Waals surface area contributed by atoms with E-state index in [1.165, 1.54) is 30.7 Å². The maximum absolute atomic E-state index is 14.0. The lowest BCUT2D eigenvalue weighted by Crippen LogP contribution is -2.27. The quantitative estimate of drug-likeness (QED) is 0.887. The molecular weight excluding hydrogens is 307 g/mol. The number of methoxy groups -OCH3 is 1. The topological polar surface area (TPSA) is 81.4 Å². The van der Waals surface area contributed by atoms with E-state index >= 15 is 0 Å². The van der Waals surface area contributed by atoms with E-state index in [0.29, 0.717) is 10.6 Å². The molecule has 2 rings (SSSR count). The van der Waals surface area contributed by atoms with Gasteiger partial charge in [0.1, 0.15) is 11.6 Å². The van der Waals surface area contributed by atoms with Crippen LogP contribution in [0.1, 0.15) is 38.6 Å². The molecule has 0 radical (unpaired) electrons. The van der Waals surface area contributed by atoms with Crippen LogP contribution in [0.3, 0.4) is 0 Å². The molecule has 0 fully saturated rings. The fraction of sp³-hybridized carbons (Fsp3) is 0.200. The van der Waals surface area contributed by atoms with Gasteiger partial charge in [-0.05, 0) is 25.1 Å². The molecule has 0 aliphatic carbocycles. The van der Waals surface area contributed by atoms with E-state index in [9.17, 15) is 14.0 Å². The second-order valence-corrected chi connectivity index (χ2v) is 5.53. The van der Waals surface area contributed by atoms with Gasteiger partial charge in [0, 0.05) is 5.38 Å². The van der Waals surface area contributed by atoms with Crippen LogP contribution < -0.4 is 15.8 Å². The minimum atomic E-state index is -0.598. The van der Waals surface area contributed by atoms with Crippen molar-refractivity contribution < 1.29 is 18.7 Å². The number of benzene rings is 1. The first-order valence-electron chi connectivity index (χ1n) is 6.45. The van der Waals surface area contributed by atoms with Crippen molar-refractivity contribution in [1.29, 1.82) is 0 Å². The highest BCUT2D eigenvalue weighted by Crippen LogP contribution is 2.28. The minimum absolute atomic E-state index is 0.269. The van der Waals surface area contributed by atoms with Gasteiger partial charge in [0.2, 0.25) is 5.91 Å². The summed E-state index contributed by atoms with van der Waals surface area (Å²) in [5.41, 5.74) is 5.69. The van der Waals surface area contributed by atoms with Crippen molar-refractivity contribution >= 4 is 23.2 Å². The number of primary amides is 1. The summed E-state index contributed by atoms with van der Waals surface area (Å²) in [7, 11) is 1.44. The Hall–Kier alpha value is -2.41. The highest BCUT2D eigenvalue weighted by Gasteiger charge is 2.20. The minimum Gasteiger partial charge on any atom is -0.496 e. The van der Waals surface area contributed by atoms with Gasteiger partial charge >= 0.3 is 0 Å². The Bertz CT molecular complexity index is 715. The number of rotatable bonds is 5. The molecule has 5 nitrogen and oxygen atoms in total. The number of hydrogen-bond acceptors (Lipinski definition) is 4. The second kappa shape index (κ2) is 6.57. The van der Waals surface area contributed by atoms with E-state index in [2.05, 4.69) is 5.32 Å². The number of ether oxygens (including phenoxy) is 1. The summed E-state index contributed by atoms with van der Waals surface area (Å²) in [5, 5.41) is 4.19. The average Bonchev–Trinajstić information content (AvgIpc) is 2.96. The predicted octanol–water partition coefficient (Wildman–Crippen LogP) is 2.49. The molecule has 0 aliphatic heterocycles. The van der Waals surface area contributed by atoms with Gasteiger partial charge in [-0.2, -0.15) is 0 Å². The highest BCUT2D eigenvalue weighted by atomic mass is 32.1. The zero-order valence-electron chi connectivity index (χ0n) is 12.1. The monoisotopic (exact) mass is 322 g/mol. The van der Waals surface area contributed by atoms with Crippen LogP contribution in [0.25, 0.3) is 0 Å². The van der Waals surface area contributed by atoms with Gasteiger partial charge in [-0.3, -0.25) is 9.59 Å². The van der Waals surface area contributed by atoms with Crippen molar-refractivity contribution in [2.75, 3.05) is 7.11 Å². The zero-order chi connectivity index (χ0) is 16.3. The van der Waals surface area contributed by atoms with Crippen molar-refractivity contribution in [1.82, 2.24) is 5.32 Å². The lowest BCUT2D eigenvalue weighted by molar-refractivity contribution is 0.0943. The van der Waals surface area contributed by atoms with Gasteiger partial charge in [0.05, 0.1) is 29.2 Å². The second-order valence-electron chi connectivity index (χ2n) is 4.61. The molecule has 22 heavy (non-hydrogen) atoms. The largest absolute Gasteiger partial charge is 0.496 e. The van der Waals surface area contributed by atoms with Crippen molar-refractivity contribution in [3.05, 3.63) is 51.5 Å². The van der Waals surface area contributed by atoms with Gasteiger partial charge in [-0.1, -0.05) is 6.07 Å². The lowest BCUT2D eigenvalue weighted by Gasteiger charge is -2.17. The zero-order valence-corrected chi connectivity index (χ0v) is 12.9. The van der Waals surface area contributed by atoms with E-state index in [1.807, 2.05) is 0 Å². The first-order chi connectivity index (χ1) is 10.4. The molecule has 0 saturated heterocycles. The van der Waals surface area contributed by atoms with Gasteiger partial charge in [0.25, 0.3) is 5.91 Å². The molecule has 116 valence electrons. The van der Waals surface area contributed by atoms with Gasteiger partial charge in [-0.15, -0.1) is 11.3 Å². The Morgan fingerprint density at radius 3 is 2.73 bits per heavy atom. The van der Waals surface area contributed by atoms with Gasteiger partial charge in [-0.25, -0.2) is 4.39 Å². The maximum atomic E-state index is 14.0. The predicted molar refractivity (Wildman–Crippen MR) is 81.7 cm³/mol. The molecule has 7 heteroatoms. The van der Waals surface area contributed by atoms with Crippen molar-refractivity contribution in [3.63, 3.8) is 0 Å². The van der Waals surface area contributed by atoms with Crippen LogP contribution >= 0.6 is 11.3 Å². The molecule has 1 heterocycles. The summed E-state index contributed by atoms with van der Waals surface area (Å²) in [4.78, 5) is 23.5. The van der Waals surface area contributed by atoms with Crippen LogP contribution in [0.5, 0.6) is 5.75 Å². The van der Waals surface area contributed by atoms with E-state index in [-0.39, 0.29) is 11.1 Å². The Kier molecular flexibility index (Phi) is 4.77. The Morgan fingerprint density at radius 1 is 1.41 bits per heavy atom. The van der Waals surface area contributed by atoms with Crippen molar-refractivity contribution in [3.8, 4) is 5.75 Å². The third-order valence-corrected chi connectivity index (χ3v) is 4.05. The molecule has 2 aromatic rings. The molecule has 1 aromatic carbocycles. The van der Waals surface area contributed by atoms with Crippen LogP contribution in [0, 0.1) is 5.82 Å². The molecule has 2 amide bonds. The third-order valence-electron chi connectivity index (χ3n) is 3.12. The fourth-order valence-corrected chi connectivity index (χ4v) is 2.84. The normalized spacial score (nSPS) is 11.8. The van der Waals surface area contributed by atoms with Gasteiger partial charge < -0.3 is 15.8 Å². The lowest BCUT2D eigenvalue weighted by atomic mass is 10.1. The summed E-state index contributed by atoms with van der Waals surface area (Å²) < 4.78 is 19.1. The number of nitrogens with two attached hydrogens (primary N) is 1. The molecule has 1 atom stereocenters. The number of nitrogens with one attached hydrogen (secondary N) is 1. The molecule has 0 bridgehead atoms. The summed E-state index contributed by atoms with van der Waals surface area (Å²) in [6, 6.07) is 5.27. The van der Waals surface area contributed by atoms with E-state index < -0.39 is 23.7 Å². The molecule has 3 N–H and O–H groups in total. The van der Waals surface area contributed by atoms with Crippen LogP contribution in [-0.4, -0.2) is 18.9 Å². The van der Waals surface area contributed by atoms with E-state index in [1.54, 1.807) is 13.0 Å². The summed E-state index contributed by atoms with van der Waals surface area (Å²) in [6.45, 7) is 1.65. The molecular formula is C15H15FN2O3S. The van der Waals surface area contributed by atoms with Gasteiger partial charge in [0.15, 0.2) is 0 Å². The molecule has 0 saturated carbocycles. The third kappa shape index (κ3) is 3.25. The Labute approximate surface area is 130 Å². The fourth-order valence-electron chi connectivity index (χ4n) is 2.04. The molecule has 1 aromatic heterocycles. The molecule has 0 aliphatic rings. The average molecular weight is 322 g/mol. The summed E-state index contributed by atoms with van der Waals surface area (Å²) in [6.07, 6.45) is 0. The highest BCUT2D eigenvalue weighted by molar-refractivity contribution is 7.12. The standard InChI is InChI=1S/C15H15FN2O3S/c1-8(13-10(16)4-3-5-11(13)21-2)18-15(20)12-6-9(7-22-12)14(17)19/h3-8H,1-2H3,(H2,17,19)(H,18,20)/t8-/m0/s1. The molecule has 0 spiro atoms. The number of halogens is 1. The van der Waals surface area contributed by atoms with E-state index in [4.69, 9.17) is 10.5 Å². The first-order valence-corrected chi connectivity index (χ1v) is 7.33. The number of carbonyl (C=O) groups excluding carboxylic acids is 2. The number of thiophene rings is 1. The molecule has 0 unspecified atom stereocenters. The van der Waals surface area contributed by atoms with Crippen LogP contribution in [0.4, 0.5) is 4.39 Å². The Balaban J connectivity index is 2.19. The van der Waals surface area contributed by atoms with Crippen LogP contribution in [0.2, 0.25) is 0 Å².